The molecule has 0 unspecified atom stereocenters. The number of hydrogen-bond acceptors (Lipinski definition) is 0. The van der Waals surface area contributed by atoms with E-state index in [0.29, 0.717) is 10.0 Å². The zero-order valence-electron chi connectivity index (χ0n) is 7.68. The summed E-state index contributed by atoms with van der Waals surface area (Å²) >= 11 is 15.5. The lowest BCUT2D eigenvalue weighted by Crippen LogP contribution is -1.81. The maximum absolute atomic E-state index is 6.15. The van der Waals surface area contributed by atoms with Crippen molar-refractivity contribution in [3.05, 3.63) is 57.0 Å². The summed E-state index contributed by atoms with van der Waals surface area (Å²) in [6.45, 7) is 0. The van der Waals surface area contributed by atoms with Crippen LogP contribution in [0.25, 0.3) is 11.1 Å². The molecule has 0 amide bonds. The van der Waals surface area contributed by atoms with Crippen molar-refractivity contribution in [2.24, 2.45) is 0 Å². The van der Waals surface area contributed by atoms with Crippen LogP contribution in [0.2, 0.25) is 10.0 Å². The molecule has 0 saturated heterocycles. The van der Waals surface area contributed by atoms with Crippen LogP contribution in [-0.2, 0) is 0 Å². The van der Waals surface area contributed by atoms with Crippen LogP contribution in [0.4, 0.5) is 0 Å². The molecule has 0 aliphatic carbocycles. The predicted molar refractivity (Wildman–Crippen MR) is 69.6 cm³/mol. The molecule has 0 atom stereocenters. The van der Waals surface area contributed by atoms with Crippen molar-refractivity contribution >= 4 is 39.1 Å². The first-order chi connectivity index (χ1) is 7.18. The topological polar surface area (TPSA) is 0 Å². The van der Waals surface area contributed by atoms with Gasteiger partial charge in [-0.15, -0.1) is 0 Å². The Morgan fingerprint density at radius 3 is 2.20 bits per heavy atom. The molecule has 0 aliphatic rings. The van der Waals surface area contributed by atoms with E-state index in [0.717, 1.165) is 15.6 Å². The van der Waals surface area contributed by atoms with Crippen LogP contribution in [0.1, 0.15) is 0 Å². The Kier molecular flexibility index (Phi) is 3.35. The molecule has 0 spiro atoms. The van der Waals surface area contributed by atoms with Crippen molar-refractivity contribution in [1.82, 2.24) is 0 Å². The summed E-state index contributed by atoms with van der Waals surface area (Å²) in [5, 5.41) is 1.28. The van der Waals surface area contributed by atoms with E-state index in [1.54, 1.807) is 6.07 Å². The van der Waals surface area contributed by atoms with Crippen molar-refractivity contribution in [3.63, 3.8) is 0 Å². The summed E-state index contributed by atoms with van der Waals surface area (Å²) in [5.41, 5.74) is 2.05. The molecule has 0 N–H and O–H groups in total. The second-order valence-electron chi connectivity index (χ2n) is 3.11. The molecule has 15 heavy (non-hydrogen) atoms. The molecular formula is C12H7BrCl2. The minimum Gasteiger partial charge on any atom is -0.0842 e. The zero-order valence-corrected chi connectivity index (χ0v) is 10.8. The van der Waals surface area contributed by atoms with Gasteiger partial charge in [-0.1, -0.05) is 69.5 Å². The fourth-order valence-electron chi connectivity index (χ4n) is 1.42. The maximum Gasteiger partial charge on any atom is 0.0510 e. The van der Waals surface area contributed by atoms with Crippen molar-refractivity contribution in [2.75, 3.05) is 0 Å². The fraction of sp³-hybridized carbons (Fsp3) is 0. The van der Waals surface area contributed by atoms with Gasteiger partial charge in [0.1, 0.15) is 0 Å². The second kappa shape index (κ2) is 4.56. The Labute approximate surface area is 107 Å². The molecule has 0 heterocycles. The third kappa shape index (κ3) is 2.36. The van der Waals surface area contributed by atoms with E-state index in [9.17, 15) is 0 Å². The maximum atomic E-state index is 6.15. The fourth-order valence-corrected chi connectivity index (χ4v) is 2.96. The van der Waals surface area contributed by atoms with Crippen LogP contribution >= 0.6 is 39.1 Å². The SMILES string of the molecule is Clc1cc(Cl)c(-c2ccccc2)c(Br)c1. The summed E-state index contributed by atoms with van der Waals surface area (Å²) in [5.74, 6) is 0. The van der Waals surface area contributed by atoms with Gasteiger partial charge in [-0.2, -0.15) is 0 Å². The van der Waals surface area contributed by atoms with Crippen molar-refractivity contribution < 1.29 is 0 Å². The van der Waals surface area contributed by atoms with Gasteiger partial charge in [0.05, 0.1) is 5.02 Å². The first-order valence-corrected chi connectivity index (χ1v) is 5.93. The predicted octanol–water partition coefficient (Wildman–Crippen LogP) is 5.42. The molecule has 2 aromatic rings. The normalized spacial score (nSPS) is 10.3. The Hall–Kier alpha value is -0.500. The molecule has 2 rings (SSSR count). The van der Waals surface area contributed by atoms with Crippen LogP contribution in [0.3, 0.4) is 0 Å². The quantitative estimate of drug-likeness (QED) is 0.659. The Balaban J connectivity index is 2.64. The standard InChI is InChI=1S/C12H7BrCl2/c13-10-6-9(14)7-11(15)12(10)8-4-2-1-3-5-8/h1-7H. The zero-order chi connectivity index (χ0) is 10.8. The first kappa shape index (κ1) is 11.0. The number of rotatable bonds is 1. The van der Waals surface area contributed by atoms with E-state index in [1.807, 2.05) is 36.4 Å². The van der Waals surface area contributed by atoms with Crippen LogP contribution < -0.4 is 0 Å². The van der Waals surface area contributed by atoms with Gasteiger partial charge in [0.2, 0.25) is 0 Å². The largest absolute Gasteiger partial charge is 0.0842 e. The van der Waals surface area contributed by atoms with Gasteiger partial charge in [0.25, 0.3) is 0 Å². The molecule has 0 saturated carbocycles. The molecular weight excluding hydrogens is 295 g/mol. The lowest BCUT2D eigenvalue weighted by atomic mass is 10.1. The molecule has 0 radical (unpaired) electrons. The lowest BCUT2D eigenvalue weighted by Gasteiger charge is -2.07. The summed E-state index contributed by atoms with van der Waals surface area (Å²) in [7, 11) is 0. The summed E-state index contributed by atoms with van der Waals surface area (Å²) < 4.78 is 0.909. The van der Waals surface area contributed by atoms with Crippen molar-refractivity contribution in [3.8, 4) is 11.1 Å². The van der Waals surface area contributed by atoms with E-state index in [2.05, 4.69) is 15.9 Å². The molecule has 0 aromatic heterocycles. The van der Waals surface area contributed by atoms with Gasteiger partial charge in [-0.3, -0.25) is 0 Å². The highest BCUT2D eigenvalue weighted by Gasteiger charge is 2.08. The van der Waals surface area contributed by atoms with Gasteiger partial charge in [0.15, 0.2) is 0 Å². The molecule has 76 valence electrons. The third-order valence-corrected chi connectivity index (χ3v) is 3.21. The number of benzene rings is 2. The van der Waals surface area contributed by atoms with E-state index in [1.165, 1.54) is 0 Å². The van der Waals surface area contributed by atoms with Gasteiger partial charge >= 0.3 is 0 Å². The van der Waals surface area contributed by atoms with Crippen molar-refractivity contribution in [1.29, 1.82) is 0 Å². The van der Waals surface area contributed by atoms with E-state index >= 15 is 0 Å². The lowest BCUT2D eigenvalue weighted by molar-refractivity contribution is 1.58. The average molecular weight is 302 g/mol. The minimum atomic E-state index is 0.631. The average Bonchev–Trinajstić information content (AvgIpc) is 2.17. The summed E-state index contributed by atoms with van der Waals surface area (Å²) in [6, 6.07) is 13.5. The van der Waals surface area contributed by atoms with Crippen molar-refractivity contribution in [2.45, 2.75) is 0 Å². The minimum absolute atomic E-state index is 0.631. The Morgan fingerprint density at radius 2 is 1.60 bits per heavy atom. The highest BCUT2D eigenvalue weighted by atomic mass is 79.9. The number of halogens is 3. The molecule has 0 fully saturated rings. The van der Waals surface area contributed by atoms with E-state index in [4.69, 9.17) is 23.2 Å². The molecule has 0 nitrogen and oxygen atoms in total. The van der Waals surface area contributed by atoms with Crippen LogP contribution in [0.15, 0.2) is 46.9 Å². The summed E-state index contributed by atoms with van der Waals surface area (Å²) in [6.07, 6.45) is 0. The highest BCUT2D eigenvalue weighted by Crippen LogP contribution is 2.37. The van der Waals surface area contributed by atoms with Gasteiger partial charge in [-0.05, 0) is 17.7 Å². The van der Waals surface area contributed by atoms with E-state index < -0.39 is 0 Å². The van der Waals surface area contributed by atoms with Gasteiger partial charge < -0.3 is 0 Å². The number of hydrogen-bond donors (Lipinski definition) is 0. The first-order valence-electron chi connectivity index (χ1n) is 4.38. The van der Waals surface area contributed by atoms with Gasteiger partial charge in [-0.25, -0.2) is 0 Å². The second-order valence-corrected chi connectivity index (χ2v) is 4.81. The molecule has 0 bridgehead atoms. The van der Waals surface area contributed by atoms with E-state index in [-0.39, 0.29) is 0 Å². The molecule has 0 aliphatic heterocycles. The van der Waals surface area contributed by atoms with Gasteiger partial charge in [0, 0.05) is 15.1 Å². The van der Waals surface area contributed by atoms with Crippen LogP contribution in [0, 0.1) is 0 Å². The summed E-state index contributed by atoms with van der Waals surface area (Å²) in [4.78, 5) is 0. The molecule has 3 heteroatoms. The van der Waals surface area contributed by atoms with Crippen LogP contribution in [0.5, 0.6) is 0 Å². The van der Waals surface area contributed by atoms with Crippen LogP contribution in [-0.4, -0.2) is 0 Å². The third-order valence-electron chi connectivity index (χ3n) is 2.07. The Morgan fingerprint density at radius 1 is 0.933 bits per heavy atom. The monoisotopic (exact) mass is 300 g/mol. The smallest absolute Gasteiger partial charge is 0.0510 e. The highest BCUT2D eigenvalue weighted by molar-refractivity contribution is 9.10. The molecule has 2 aromatic carbocycles. The Bertz CT molecular complexity index is 457.